The zero-order valence-corrected chi connectivity index (χ0v) is 15.3. The standard InChI is InChI=1S/C12H22Cl3NO2Si/c1-7-9(18-10(16)12(13,14)15)8-17-19(5,6)11(2,3)4/h7,9,16H,1,8H2,2-6H3/t9-/m0/s1. The first-order chi connectivity index (χ1) is 8.31. The normalized spacial score (nSPS) is 14.9. The Morgan fingerprint density at radius 3 is 2.11 bits per heavy atom. The second kappa shape index (κ2) is 6.81. The molecule has 112 valence electrons. The first kappa shape index (κ1) is 19.3. The molecule has 0 spiro atoms. The lowest BCUT2D eigenvalue weighted by molar-refractivity contribution is 0.141. The van der Waals surface area contributed by atoms with E-state index in [1.165, 1.54) is 6.08 Å². The smallest absolute Gasteiger partial charge is 0.265 e. The Morgan fingerprint density at radius 1 is 1.32 bits per heavy atom. The van der Waals surface area contributed by atoms with Crippen LogP contribution in [-0.4, -0.2) is 30.7 Å². The predicted molar refractivity (Wildman–Crippen MR) is 86.2 cm³/mol. The van der Waals surface area contributed by atoms with Crippen molar-refractivity contribution in [1.29, 1.82) is 5.41 Å². The van der Waals surface area contributed by atoms with Crippen molar-refractivity contribution in [2.75, 3.05) is 6.61 Å². The molecule has 1 N–H and O–H groups in total. The lowest BCUT2D eigenvalue weighted by Gasteiger charge is -2.37. The molecule has 0 amide bonds. The molecule has 0 aromatic rings. The second-order valence-corrected chi connectivity index (χ2v) is 12.9. The van der Waals surface area contributed by atoms with Crippen LogP contribution < -0.4 is 0 Å². The first-order valence-corrected chi connectivity index (χ1v) is 9.94. The van der Waals surface area contributed by atoms with Gasteiger partial charge in [-0.3, -0.25) is 5.41 Å². The van der Waals surface area contributed by atoms with E-state index in [0.29, 0.717) is 6.61 Å². The van der Waals surface area contributed by atoms with E-state index in [0.717, 1.165) is 0 Å². The minimum Gasteiger partial charge on any atom is -0.468 e. The highest BCUT2D eigenvalue weighted by Crippen LogP contribution is 2.36. The molecule has 0 aliphatic heterocycles. The number of alkyl halides is 3. The van der Waals surface area contributed by atoms with Crippen LogP contribution in [0.25, 0.3) is 0 Å². The summed E-state index contributed by atoms with van der Waals surface area (Å²) in [7, 11) is -1.88. The lowest BCUT2D eigenvalue weighted by Crippen LogP contribution is -2.43. The number of hydrogen-bond donors (Lipinski definition) is 1. The number of halogens is 3. The third-order valence-corrected chi connectivity index (χ3v) is 8.22. The number of nitrogens with one attached hydrogen (secondary N) is 1. The zero-order valence-electron chi connectivity index (χ0n) is 12.0. The summed E-state index contributed by atoms with van der Waals surface area (Å²) >= 11 is 16.7. The van der Waals surface area contributed by atoms with E-state index in [-0.39, 0.29) is 5.04 Å². The molecule has 3 nitrogen and oxygen atoms in total. The van der Waals surface area contributed by atoms with Crippen LogP contribution >= 0.6 is 34.8 Å². The Hall–Kier alpha value is 0.257. The van der Waals surface area contributed by atoms with Crippen molar-refractivity contribution in [2.45, 2.75) is 48.8 Å². The molecule has 0 heterocycles. The fourth-order valence-corrected chi connectivity index (χ4v) is 2.02. The van der Waals surface area contributed by atoms with Gasteiger partial charge in [0.25, 0.3) is 3.79 Å². The maximum atomic E-state index is 7.52. The van der Waals surface area contributed by atoms with Gasteiger partial charge in [-0.05, 0) is 24.2 Å². The largest absolute Gasteiger partial charge is 0.468 e. The molecule has 7 heteroatoms. The summed E-state index contributed by atoms with van der Waals surface area (Å²) in [4.78, 5) is 0. The molecule has 0 aliphatic carbocycles. The molecular formula is C12H22Cl3NO2Si. The molecule has 0 bridgehead atoms. The fourth-order valence-electron chi connectivity index (χ4n) is 0.875. The third kappa shape index (κ3) is 6.49. The van der Waals surface area contributed by atoms with Crippen molar-refractivity contribution in [3.63, 3.8) is 0 Å². The van der Waals surface area contributed by atoms with Crippen molar-refractivity contribution in [3.05, 3.63) is 12.7 Å². The molecule has 0 radical (unpaired) electrons. The number of rotatable bonds is 5. The highest BCUT2D eigenvalue weighted by Gasteiger charge is 2.38. The van der Waals surface area contributed by atoms with Crippen molar-refractivity contribution in [1.82, 2.24) is 0 Å². The van der Waals surface area contributed by atoms with Crippen molar-refractivity contribution in [2.24, 2.45) is 0 Å². The number of hydrogen-bond acceptors (Lipinski definition) is 3. The van der Waals surface area contributed by atoms with Crippen LogP contribution in [0.2, 0.25) is 18.1 Å². The van der Waals surface area contributed by atoms with Gasteiger partial charge in [0.05, 0.1) is 6.61 Å². The SMILES string of the molecule is C=C[C@@H](CO[Si](C)(C)C(C)(C)C)OC(=N)C(Cl)(Cl)Cl. The Bertz CT molecular complexity index is 335. The molecule has 0 fully saturated rings. The van der Waals surface area contributed by atoms with E-state index in [2.05, 4.69) is 40.4 Å². The molecule has 0 aromatic carbocycles. The van der Waals surface area contributed by atoms with Gasteiger partial charge in [-0.15, -0.1) is 0 Å². The third-order valence-electron chi connectivity index (χ3n) is 3.20. The molecule has 0 aliphatic rings. The monoisotopic (exact) mass is 345 g/mol. The van der Waals surface area contributed by atoms with Crippen molar-refractivity contribution in [3.8, 4) is 0 Å². The minimum absolute atomic E-state index is 0.0987. The summed E-state index contributed by atoms with van der Waals surface area (Å²) < 4.78 is 9.35. The summed E-state index contributed by atoms with van der Waals surface area (Å²) in [6.45, 7) is 14.6. The minimum atomic E-state index is -1.88. The molecular weight excluding hydrogens is 325 g/mol. The van der Waals surface area contributed by atoms with Crippen LogP contribution in [0.3, 0.4) is 0 Å². The van der Waals surface area contributed by atoms with E-state index in [9.17, 15) is 0 Å². The average molecular weight is 347 g/mol. The molecule has 0 saturated carbocycles. The van der Waals surface area contributed by atoms with Gasteiger partial charge in [-0.2, -0.15) is 0 Å². The van der Waals surface area contributed by atoms with Gasteiger partial charge in [0.2, 0.25) is 5.90 Å². The van der Waals surface area contributed by atoms with Gasteiger partial charge >= 0.3 is 0 Å². The Balaban J connectivity index is 4.53. The van der Waals surface area contributed by atoms with Gasteiger partial charge in [0.1, 0.15) is 6.10 Å². The Morgan fingerprint density at radius 2 is 1.79 bits per heavy atom. The first-order valence-electron chi connectivity index (χ1n) is 5.90. The summed E-state index contributed by atoms with van der Waals surface area (Å²) in [5, 5.41) is 7.62. The zero-order chi connectivity index (χ0) is 15.5. The average Bonchev–Trinajstić information content (AvgIpc) is 2.20. The van der Waals surface area contributed by atoms with Crippen LogP contribution in [0.15, 0.2) is 12.7 Å². The van der Waals surface area contributed by atoms with Gasteiger partial charge in [-0.25, -0.2) is 0 Å². The number of ether oxygens (including phenoxy) is 1. The summed E-state index contributed by atoms with van der Waals surface area (Å²) in [6.07, 6.45) is 1.04. The molecule has 0 rings (SSSR count). The molecule has 0 unspecified atom stereocenters. The summed E-state index contributed by atoms with van der Waals surface area (Å²) in [5.41, 5.74) is 0. The predicted octanol–water partition coefficient (Wildman–Crippen LogP) is 4.93. The maximum absolute atomic E-state index is 7.52. The Labute approximate surface area is 131 Å². The van der Waals surface area contributed by atoms with Gasteiger partial charge in [-0.1, -0.05) is 62.2 Å². The van der Waals surface area contributed by atoms with E-state index in [4.69, 9.17) is 49.4 Å². The van der Waals surface area contributed by atoms with Crippen molar-refractivity contribution < 1.29 is 9.16 Å². The van der Waals surface area contributed by atoms with Gasteiger partial charge in [0.15, 0.2) is 8.32 Å². The van der Waals surface area contributed by atoms with Crippen LogP contribution in [0.4, 0.5) is 0 Å². The maximum Gasteiger partial charge on any atom is 0.265 e. The van der Waals surface area contributed by atoms with Crippen molar-refractivity contribution >= 4 is 49.0 Å². The van der Waals surface area contributed by atoms with E-state index >= 15 is 0 Å². The Kier molecular flexibility index (Phi) is 6.90. The second-order valence-electron chi connectivity index (χ2n) is 5.79. The van der Waals surface area contributed by atoms with E-state index in [1.807, 2.05) is 0 Å². The molecule has 0 saturated heterocycles. The van der Waals surface area contributed by atoms with Gasteiger partial charge in [0, 0.05) is 0 Å². The lowest BCUT2D eigenvalue weighted by atomic mass is 10.2. The van der Waals surface area contributed by atoms with Crippen LogP contribution in [-0.2, 0) is 9.16 Å². The highest BCUT2D eigenvalue weighted by molar-refractivity contribution is 6.76. The molecule has 1 atom stereocenters. The van der Waals surface area contributed by atoms with Crippen LogP contribution in [0, 0.1) is 5.41 Å². The van der Waals surface area contributed by atoms with Crippen LogP contribution in [0.1, 0.15) is 20.8 Å². The molecule has 0 aromatic heterocycles. The summed E-state index contributed by atoms with van der Waals surface area (Å²) in [5.74, 6) is -0.429. The summed E-state index contributed by atoms with van der Waals surface area (Å²) in [6, 6.07) is 0. The fraction of sp³-hybridized carbons (Fsp3) is 0.750. The molecule has 19 heavy (non-hydrogen) atoms. The quantitative estimate of drug-likeness (QED) is 0.252. The van der Waals surface area contributed by atoms with E-state index < -0.39 is 24.1 Å². The highest BCUT2D eigenvalue weighted by atomic mass is 35.6. The van der Waals surface area contributed by atoms with Gasteiger partial charge < -0.3 is 9.16 Å². The topological polar surface area (TPSA) is 42.3 Å². The van der Waals surface area contributed by atoms with Crippen LogP contribution in [0.5, 0.6) is 0 Å². The van der Waals surface area contributed by atoms with E-state index in [1.54, 1.807) is 0 Å².